The molecule has 0 spiro atoms. The molecule has 0 aliphatic carbocycles. The molecule has 3 aromatic rings. The number of alkyl carbamates (subject to hydrolysis) is 1. The summed E-state index contributed by atoms with van der Waals surface area (Å²) in [6.07, 6.45) is 3.11. The smallest absolute Gasteiger partial charge is 0.408 e. The number of fused-ring (bicyclic) bond motifs is 1. The maximum Gasteiger partial charge on any atom is 0.408 e. The maximum absolute atomic E-state index is 15.1. The van der Waals surface area contributed by atoms with Crippen molar-refractivity contribution in [3.8, 4) is 11.5 Å². The standard InChI is InChI=1S/C30H42ClF2N5O4SSi/c1-29(2,3)42-28(39)37-30(4,5)10-12-35-27(43)36-19-15-21(32)25(22(33)16-19)41-23-9-11-34-26-24(23)20(31)17-38(26)18-40-13-14-44(6,7)8/h9,11,15-17H,10,12-14,18H2,1-8H3,(H,37,39)(H2,35,36,43). The van der Waals surface area contributed by atoms with E-state index in [-0.39, 0.29) is 23.3 Å². The van der Waals surface area contributed by atoms with Gasteiger partial charge in [-0.15, -0.1) is 0 Å². The summed E-state index contributed by atoms with van der Waals surface area (Å²) in [7, 11) is -1.24. The predicted octanol–water partition coefficient (Wildman–Crippen LogP) is 8.05. The number of thiocarbonyl (C=S) groups is 1. The average Bonchev–Trinajstić information content (AvgIpc) is 3.18. The van der Waals surface area contributed by atoms with Crippen molar-refractivity contribution in [1.29, 1.82) is 0 Å². The van der Waals surface area contributed by atoms with Crippen LogP contribution in [0.4, 0.5) is 19.3 Å². The molecule has 0 unspecified atom stereocenters. The Morgan fingerprint density at radius 1 is 1.14 bits per heavy atom. The monoisotopic (exact) mass is 669 g/mol. The van der Waals surface area contributed by atoms with Gasteiger partial charge in [0.05, 0.1) is 10.4 Å². The summed E-state index contributed by atoms with van der Waals surface area (Å²) in [5.74, 6) is -2.31. The molecule has 44 heavy (non-hydrogen) atoms. The van der Waals surface area contributed by atoms with E-state index in [1.807, 2.05) is 13.8 Å². The van der Waals surface area contributed by atoms with E-state index in [1.165, 1.54) is 12.3 Å². The number of nitrogens with one attached hydrogen (secondary N) is 3. The highest BCUT2D eigenvalue weighted by atomic mass is 35.5. The molecule has 1 amide bonds. The summed E-state index contributed by atoms with van der Waals surface area (Å²) >= 11 is 11.8. The van der Waals surface area contributed by atoms with Crippen molar-refractivity contribution in [2.24, 2.45) is 0 Å². The molecule has 0 bridgehead atoms. The number of rotatable bonds is 12. The van der Waals surface area contributed by atoms with E-state index in [1.54, 1.807) is 31.5 Å². The minimum Gasteiger partial charge on any atom is -0.450 e. The van der Waals surface area contributed by atoms with Gasteiger partial charge in [-0.05, 0) is 65.4 Å². The van der Waals surface area contributed by atoms with Crippen LogP contribution in [0.25, 0.3) is 11.0 Å². The number of carbonyl (C=O) groups is 1. The van der Waals surface area contributed by atoms with Crippen LogP contribution >= 0.6 is 23.8 Å². The van der Waals surface area contributed by atoms with Crippen molar-refractivity contribution >= 4 is 59.8 Å². The van der Waals surface area contributed by atoms with Crippen LogP contribution in [-0.2, 0) is 16.2 Å². The lowest BCUT2D eigenvalue weighted by Gasteiger charge is -2.29. The number of hydrogen-bond donors (Lipinski definition) is 3. The molecule has 0 fully saturated rings. The fourth-order valence-corrected chi connectivity index (χ4v) is 5.28. The molecule has 0 saturated carbocycles. The summed E-state index contributed by atoms with van der Waals surface area (Å²) in [6, 6.07) is 4.67. The molecule has 0 radical (unpaired) electrons. The van der Waals surface area contributed by atoms with E-state index in [9.17, 15) is 4.79 Å². The van der Waals surface area contributed by atoms with Crippen LogP contribution in [0.15, 0.2) is 30.6 Å². The van der Waals surface area contributed by atoms with E-state index in [0.29, 0.717) is 35.6 Å². The van der Waals surface area contributed by atoms with Gasteiger partial charge < -0.3 is 34.7 Å². The van der Waals surface area contributed by atoms with Crippen molar-refractivity contribution in [1.82, 2.24) is 20.2 Å². The first-order chi connectivity index (χ1) is 20.3. The van der Waals surface area contributed by atoms with Crippen LogP contribution in [0.1, 0.15) is 41.0 Å². The van der Waals surface area contributed by atoms with E-state index in [2.05, 4.69) is 40.6 Å². The summed E-state index contributed by atoms with van der Waals surface area (Å²) in [4.78, 5) is 16.5. The molecule has 2 aromatic heterocycles. The minimum absolute atomic E-state index is 0.0931. The van der Waals surface area contributed by atoms with E-state index in [0.717, 1.165) is 18.2 Å². The number of aromatic nitrogens is 2. The third kappa shape index (κ3) is 10.9. The number of carbonyl (C=O) groups excluding carboxylic acids is 1. The van der Waals surface area contributed by atoms with E-state index >= 15 is 8.78 Å². The third-order valence-corrected chi connectivity index (χ3v) is 8.48. The second-order valence-electron chi connectivity index (χ2n) is 13.3. The lowest BCUT2D eigenvalue weighted by atomic mass is 10.0. The zero-order valence-electron chi connectivity index (χ0n) is 26.5. The Morgan fingerprint density at radius 3 is 2.41 bits per heavy atom. The van der Waals surface area contributed by atoms with Gasteiger partial charge in [-0.25, -0.2) is 18.6 Å². The van der Waals surface area contributed by atoms with Crippen molar-refractivity contribution in [3.63, 3.8) is 0 Å². The first-order valence-electron chi connectivity index (χ1n) is 14.3. The fourth-order valence-electron chi connectivity index (χ4n) is 4.01. The Hall–Kier alpha value is -3.00. The van der Waals surface area contributed by atoms with Crippen molar-refractivity contribution in [2.45, 2.75) is 84.6 Å². The minimum atomic E-state index is -1.24. The van der Waals surface area contributed by atoms with Crippen LogP contribution in [0.3, 0.4) is 0 Å². The van der Waals surface area contributed by atoms with E-state index < -0.39 is 42.7 Å². The van der Waals surface area contributed by atoms with Gasteiger partial charge in [-0.1, -0.05) is 31.2 Å². The zero-order chi connectivity index (χ0) is 32.9. The van der Waals surface area contributed by atoms with Gasteiger partial charge in [0.1, 0.15) is 23.7 Å². The molecule has 0 atom stereocenters. The molecule has 3 N–H and O–H groups in total. The number of ether oxygens (including phenoxy) is 3. The van der Waals surface area contributed by atoms with Gasteiger partial charge in [0.25, 0.3) is 0 Å². The maximum atomic E-state index is 15.1. The van der Waals surface area contributed by atoms with Crippen LogP contribution < -0.4 is 20.7 Å². The highest BCUT2D eigenvalue weighted by molar-refractivity contribution is 7.80. The molecule has 14 heteroatoms. The number of hydrogen-bond acceptors (Lipinski definition) is 6. The highest BCUT2D eigenvalue weighted by Crippen LogP contribution is 2.37. The number of anilines is 1. The zero-order valence-corrected chi connectivity index (χ0v) is 29.1. The molecule has 0 aliphatic heterocycles. The second kappa shape index (κ2) is 14.4. The first kappa shape index (κ1) is 35.5. The molecule has 242 valence electrons. The molecule has 9 nitrogen and oxygen atoms in total. The van der Waals surface area contributed by atoms with Gasteiger partial charge >= 0.3 is 6.09 Å². The number of amides is 1. The van der Waals surface area contributed by atoms with Crippen LogP contribution in [0.5, 0.6) is 11.5 Å². The molecule has 2 heterocycles. The van der Waals surface area contributed by atoms with Gasteiger partial charge in [0, 0.05) is 57.0 Å². The molecule has 1 aromatic carbocycles. The van der Waals surface area contributed by atoms with Crippen molar-refractivity contribution < 1.29 is 27.8 Å². The molecule has 3 rings (SSSR count). The second-order valence-corrected chi connectivity index (χ2v) is 19.8. The SMILES string of the molecule is CC(C)(CCNC(=S)Nc1cc(F)c(Oc2ccnc3c2c(Cl)cn3COCC[Si](C)(C)C)c(F)c1)NC(=O)OC(C)(C)C. The van der Waals surface area contributed by atoms with Crippen LogP contribution in [-0.4, -0.2) is 53.1 Å². The van der Waals surface area contributed by atoms with Crippen LogP contribution in [0.2, 0.25) is 30.7 Å². The number of pyridine rings is 1. The van der Waals surface area contributed by atoms with Crippen molar-refractivity contribution in [3.05, 3.63) is 47.2 Å². The van der Waals surface area contributed by atoms with Gasteiger partial charge in [-0.3, -0.25) is 0 Å². The number of halogens is 3. The third-order valence-electron chi connectivity index (χ3n) is 6.24. The molecule has 0 saturated heterocycles. The average molecular weight is 670 g/mol. The van der Waals surface area contributed by atoms with Gasteiger partial charge in [0.2, 0.25) is 0 Å². The van der Waals surface area contributed by atoms with Crippen LogP contribution in [0, 0.1) is 11.6 Å². The largest absolute Gasteiger partial charge is 0.450 e. The Morgan fingerprint density at radius 2 is 1.80 bits per heavy atom. The summed E-state index contributed by atoms with van der Waals surface area (Å²) in [6.45, 7) is 17.1. The first-order valence-corrected chi connectivity index (χ1v) is 18.8. The topological polar surface area (TPSA) is 98.7 Å². The Kier molecular flexibility index (Phi) is 11.6. The van der Waals surface area contributed by atoms with E-state index in [4.69, 9.17) is 38.0 Å². The summed E-state index contributed by atoms with van der Waals surface area (Å²) in [5, 5.41) is 9.45. The Bertz CT molecular complexity index is 1470. The normalized spacial score (nSPS) is 12.2. The van der Waals surface area contributed by atoms with Gasteiger partial charge in [-0.2, -0.15) is 0 Å². The summed E-state index contributed by atoms with van der Waals surface area (Å²) in [5.41, 5.74) is -0.637. The lowest BCUT2D eigenvalue weighted by molar-refractivity contribution is 0.0469. The molecular formula is C30H42ClF2N5O4SSi. The Labute approximate surface area is 269 Å². The molecule has 0 aliphatic rings. The quantitative estimate of drug-likeness (QED) is 0.101. The predicted molar refractivity (Wildman–Crippen MR) is 178 cm³/mol. The lowest BCUT2D eigenvalue weighted by Crippen LogP contribution is -2.47. The summed E-state index contributed by atoms with van der Waals surface area (Å²) < 4.78 is 48.8. The highest BCUT2D eigenvalue weighted by Gasteiger charge is 2.25. The number of benzene rings is 1. The van der Waals surface area contributed by atoms with Gasteiger partial charge in [0.15, 0.2) is 22.5 Å². The molecular weight excluding hydrogens is 628 g/mol. The van der Waals surface area contributed by atoms with Crippen molar-refractivity contribution in [2.75, 3.05) is 18.5 Å². The fraction of sp³-hybridized carbons (Fsp3) is 0.500. The Balaban J connectivity index is 1.62. The number of nitrogens with zero attached hydrogens (tertiary/aromatic N) is 2.